The van der Waals surface area contributed by atoms with E-state index >= 15 is 0 Å². The Morgan fingerprint density at radius 2 is 1.71 bits per heavy atom. The van der Waals surface area contributed by atoms with Gasteiger partial charge in [0, 0.05) is 20.5 Å². The molecule has 0 saturated carbocycles. The molecule has 0 bridgehead atoms. The first-order valence-electron chi connectivity index (χ1n) is 5.81. The molecule has 110 valence electrons. The van der Waals surface area contributed by atoms with Crippen LogP contribution in [0.15, 0.2) is 42.5 Å². The topological polar surface area (TPSA) is 55.1 Å². The highest BCUT2D eigenvalue weighted by molar-refractivity contribution is 14.1. The van der Waals surface area contributed by atoms with Crippen molar-refractivity contribution in [3.63, 3.8) is 0 Å². The van der Waals surface area contributed by atoms with Crippen LogP contribution in [-0.4, -0.2) is 5.91 Å². The molecular weight excluding hydrogens is 396 g/mol. The standard InChI is InChI=1S/C14H10F3IN2O/c15-14(16,17)11-7-8(1-6-12(11)19)13(21)20-10-4-2-9(18)3-5-10/h1-7H,19H2,(H,20,21). The van der Waals surface area contributed by atoms with E-state index in [9.17, 15) is 18.0 Å². The van der Waals surface area contributed by atoms with E-state index < -0.39 is 23.3 Å². The Morgan fingerprint density at radius 3 is 2.29 bits per heavy atom. The number of halogens is 4. The van der Waals surface area contributed by atoms with Crippen molar-refractivity contribution in [2.75, 3.05) is 11.1 Å². The van der Waals surface area contributed by atoms with Crippen LogP contribution in [0.1, 0.15) is 15.9 Å². The normalized spacial score (nSPS) is 11.2. The van der Waals surface area contributed by atoms with Crippen molar-refractivity contribution in [1.82, 2.24) is 0 Å². The van der Waals surface area contributed by atoms with Gasteiger partial charge >= 0.3 is 6.18 Å². The lowest BCUT2D eigenvalue weighted by atomic mass is 10.1. The largest absolute Gasteiger partial charge is 0.418 e. The second kappa shape index (κ2) is 5.92. The van der Waals surface area contributed by atoms with Gasteiger partial charge in [-0.1, -0.05) is 0 Å². The summed E-state index contributed by atoms with van der Waals surface area (Å²) in [5.41, 5.74) is 4.27. The van der Waals surface area contributed by atoms with Crippen molar-refractivity contribution in [2.45, 2.75) is 6.18 Å². The molecule has 1 amide bonds. The van der Waals surface area contributed by atoms with Gasteiger partial charge in [-0.15, -0.1) is 0 Å². The van der Waals surface area contributed by atoms with Gasteiger partial charge in [-0.2, -0.15) is 13.2 Å². The van der Waals surface area contributed by atoms with E-state index in [1.54, 1.807) is 24.3 Å². The molecule has 0 saturated heterocycles. The van der Waals surface area contributed by atoms with Crippen LogP contribution < -0.4 is 11.1 Å². The maximum atomic E-state index is 12.8. The van der Waals surface area contributed by atoms with Crippen LogP contribution in [0.25, 0.3) is 0 Å². The summed E-state index contributed by atoms with van der Waals surface area (Å²) in [5.74, 6) is -0.623. The van der Waals surface area contributed by atoms with E-state index in [4.69, 9.17) is 5.73 Å². The smallest absolute Gasteiger partial charge is 0.398 e. The Balaban J connectivity index is 2.25. The number of nitrogen functional groups attached to an aromatic ring is 1. The molecular formula is C14H10F3IN2O. The van der Waals surface area contributed by atoms with Gasteiger partial charge in [-0.3, -0.25) is 4.79 Å². The van der Waals surface area contributed by atoms with Gasteiger partial charge in [-0.05, 0) is 65.1 Å². The first-order valence-corrected chi connectivity index (χ1v) is 6.89. The van der Waals surface area contributed by atoms with E-state index in [1.165, 1.54) is 6.07 Å². The minimum absolute atomic E-state index is 0.102. The Bertz CT molecular complexity index is 669. The van der Waals surface area contributed by atoms with Gasteiger partial charge in [0.05, 0.1) is 5.56 Å². The fourth-order valence-corrected chi connectivity index (χ4v) is 2.04. The van der Waals surface area contributed by atoms with E-state index in [0.717, 1.165) is 15.7 Å². The zero-order chi connectivity index (χ0) is 15.6. The lowest BCUT2D eigenvalue weighted by Crippen LogP contribution is -2.15. The number of hydrogen-bond acceptors (Lipinski definition) is 2. The number of benzene rings is 2. The third-order valence-electron chi connectivity index (χ3n) is 2.72. The Kier molecular flexibility index (Phi) is 4.40. The third kappa shape index (κ3) is 3.87. The zero-order valence-electron chi connectivity index (χ0n) is 10.5. The van der Waals surface area contributed by atoms with Gasteiger partial charge in [0.1, 0.15) is 0 Å². The molecule has 0 fully saturated rings. The molecule has 2 rings (SSSR count). The zero-order valence-corrected chi connectivity index (χ0v) is 12.7. The number of carbonyl (C=O) groups excluding carboxylic acids is 1. The molecule has 2 aromatic carbocycles. The molecule has 0 atom stereocenters. The molecule has 0 spiro atoms. The molecule has 0 aromatic heterocycles. The molecule has 3 N–H and O–H groups in total. The summed E-state index contributed by atoms with van der Waals surface area (Å²) in [6, 6.07) is 9.97. The quantitative estimate of drug-likeness (QED) is 0.582. The lowest BCUT2D eigenvalue weighted by Gasteiger charge is -2.12. The number of nitrogens with two attached hydrogens (primary N) is 1. The fourth-order valence-electron chi connectivity index (χ4n) is 1.68. The van der Waals surface area contributed by atoms with Gasteiger partial charge in [0.15, 0.2) is 0 Å². The average Bonchev–Trinajstić information content (AvgIpc) is 2.40. The predicted octanol–water partition coefficient (Wildman–Crippen LogP) is 4.14. The summed E-state index contributed by atoms with van der Waals surface area (Å²) < 4.78 is 39.2. The number of carbonyl (C=O) groups is 1. The van der Waals surface area contributed by atoms with Gasteiger partial charge in [0.25, 0.3) is 5.91 Å². The van der Waals surface area contributed by atoms with Crippen molar-refractivity contribution >= 4 is 39.9 Å². The van der Waals surface area contributed by atoms with Crippen LogP contribution in [0.2, 0.25) is 0 Å². The number of nitrogens with one attached hydrogen (secondary N) is 1. The highest BCUT2D eigenvalue weighted by Gasteiger charge is 2.33. The molecule has 0 aliphatic carbocycles. The molecule has 7 heteroatoms. The molecule has 0 unspecified atom stereocenters. The monoisotopic (exact) mass is 406 g/mol. The summed E-state index contributed by atoms with van der Waals surface area (Å²) >= 11 is 2.11. The fraction of sp³-hybridized carbons (Fsp3) is 0.0714. The average molecular weight is 406 g/mol. The Morgan fingerprint density at radius 1 is 1.10 bits per heavy atom. The highest BCUT2D eigenvalue weighted by Crippen LogP contribution is 2.34. The van der Waals surface area contributed by atoms with Crippen LogP contribution in [0, 0.1) is 3.57 Å². The summed E-state index contributed by atoms with van der Waals surface area (Å²) in [6.45, 7) is 0. The van der Waals surface area contributed by atoms with Gasteiger partial charge in [-0.25, -0.2) is 0 Å². The van der Waals surface area contributed by atoms with E-state index in [1.807, 2.05) is 0 Å². The molecule has 2 aromatic rings. The molecule has 0 aliphatic rings. The predicted molar refractivity (Wildman–Crippen MR) is 83.0 cm³/mol. The third-order valence-corrected chi connectivity index (χ3v) is 3.44. The second-order valence-corrected chi connectivity index (χ2v) is 5.51. The summed E-state index contributed by atoms with van der Waals surface area (Å²) in [5, 5.41) is 2.53. The van der Waals surface area contributed by atoms with E-state index in [0.29, 0.717) is 5.69 Å². The van der Waals surface area contributed by atoms with Crippen LogP contribution in [-0.2, 0) is 6.18 Å². The minimum atomic E-state index is -4.59. The number of rotatable bonds is 2. The summed E-state index contributed by atoms with van der Waals surface area (Å²) in [4.78, 5) is 12.0. The second-order valence-electron chi connectivity index (χ2n) is 4.26. The van der Waals surface area contributed by atoms with Crippen molar-refractivity contribution in [3.8, 4) is 0 Å². The highest BCUT2D eigenvalue weighted by atomic mass is 127. The SMILES string of the molecule is Nc1ccc(C(=O)Nc2ccc(I)cc2)cc1C(F)(F)F. The number of hydrogen-bond donors (Lipinski definition) is 2. The van der Waals surface area contributed by atoms with Crippen molar-refractivity contribution < 1.29 is 18.0 Å². The van der Waals surface area contributed by atoms with Crippen LogP contribution >= 0.6 is 22.6 Å². The van der Waals surface area contributed by atoms with Gasteiger partial charge in [0.2, 0.25) is 0 Å². The maximum absolute atomic E-state index is 12.8. The first kappa shape index (κ1) is 15.6. The van der Waals surface area contributed by atoms with Crippen LogP contribution in [0.3, 0.4) is 0 Å². The number of alkyl halides is 3. The Labute approximate surface area is 132 Å². The first-order chi connectivity index (χ1) is 9.77. The number of anilines is 2. The lowest BCUT2D eigenvalue weighted by molar-refractivity contribution is -0.136. The summed E-state index contributed by atoms with van der Waals surface area (Å²) in [6.07, 6.45) is -4.59. The molecule has 0 radical (unpaired) electrons. The van der Waals surface area contributed by atoms with Crippen molar-refractivity contribution in [3.05, 3.63) is 57.2 Å². The van der Waals surface area contributed by atoms with Gasteiger partial charge < -0.3 is 11.1 Å². The van der Waals surface area contributed by atoms with E-state index in [-0.39, 0.29) is 5.56 Å². The maximum Gasteiger partial charge on any atom is 0.418 e. The van der Waals surface area contributed by atoms with Crippen molar-refractivity contribution in [2.24, 2.45) is 0 Å². The van der Waals surface area contributed by atoms with E-state index in [2.05, 4.69) is 27.9 Å². The Hall–Kier alpha value is -1.77. The summed E-state index contributed by atoms with van der Waals surface area (Å²) in [7, 11) is 0. The molecule has 21 heavy (non-hydrogen) atoms. The van der Waals surface area contributed by atoms with Crippen LogP contribution in [0.5, 0.6) is 0 Å². The number of amides is 1. The molecule has 0 aliphatic heterocycles. The van der Waals surface area contributed by atoms with Crippen molar-refractivity contribution in [1.29, 1.82) is 0 Å². The minimum Gasteiger partial charge on any atom is -0.398 e. The van der Waals surface area contributed by atoms with Crippen LogP contribution in [0.4, 0.5) is 24.5 Å². The molecule has 3 nitrogen and oxygen atoms in total. The molecule has 0 heterocycles.